The fourth-order valence-electron chi connectivity index (χ4n) is 2.83. The monoisotopic (exact) mass is 304 g/mol. The summed E-state index contributed by atoms with van der Waals surface area (Å²) in [5.41, 5.74) is 8.33. The van der Waals surface area contributed by atoms with Crippen LogP contribution in [-0.4, -0.2) is 25.1 Å². The van der Waals surface area contributed by atoms with Crippen LogP contribution in [0.5, 0.6) is 0 Å². The molecule has 4 heteroatoms. The molecule has 3 N–H and O–H groups in total. The van der Waals surface area contributed by atoms with E-state index >= 15 is 0 Å². The molecule has 2 rings (SSSR count). The quantitative estimate of drug-likeness (QED) is 0.878. The van der Waals surface area contributed by atoms with Gasteiger partial charge < -0.3 is 15.8 Å². The fourth-order valence-corrected chi connectivity index (χ4v) is 2.83. The Labute approximate surface area is 133 Å². The van der Waals surface area contributed by atoms with Crippen molar-refractivity contribution in [1.29, 1.82) is 0 Å². The van der Waals surface area contributed by atoms with E-state index in [9.17, 15) is 4.79 Å². The van der Waals surface area contributed by atoms with Crippen LogP contribution in [-0.2, 0) is 9.53 Å². The van der Waals surface area contributed by atoms with Crippen molar-refractivity contribution in [2.24, 2.45) is 17.6 Å². The smallest absolute Gasteiger partial charge is 0.237 e. The van der Waals surface area contributed by atoms with Crippen LogP contribution in [0.1, 0.15) is 43.9 Å². The zero-order valence-electron chi connectivity index (χ0n) is 13.8. The molecular formula is C18H28N2O2. The molecule has 2 unspecified atom stereocenters. The second kappa shape index (κ2) is 7.75. The van der Waals surface area contributed by atoms with E-state index < -0.39 is 6.04 Å². The molecule has 3 atom stereocenters. The number of ether oxygens (including phenoxy) is 1. The molecule has 122 valence electrons. The maximum Gasteiger partial charge on any atom is 0.237 e. The van der Waals surface area contributed by atoms with Gasteiger partial charge in [-0.2, -0.15) is 0 Å². The number of amides is 1. The summed E-state index contributed by atoms with van der Waals surface area (Å²) in [4.78, 5) is 12.0. The predicted molar refractivity (Wildman–Crippen MR) is 88.4 cm³/mol. The summed E-state index contributed by atoms with van der Waals surface area (Å²) in [6.07, 6.45) is 2.17. The molecule has 0 spiro atoms. The molecule has 0 saturated carbocycles. The Balaban J connectivity index is 1.98. The molecule has 1 aromatic rings. The average molecular weight is 304 g/mol. The summed E-state index contributed by atoms with van der Waals surface area (Å²) in [5, 5.41) is 3.00. The maximum absolute atomic E-state index is 12.0. The van der Waals surface area contributed by atoms with Crippen molar-refractivity contribution in [2.45, 2.75) is 45.8 Å². The minimum absolute atomic E-state index is 0.0601. The number of aryl methyl sites for hydroxylation is 1. The van der Waals surface area contributed by atoms with E-state index in [1.54, 1.807) is 0 Å². The van der Waals surface area contributed by atoms with Gasteiger partial charge in [0.05, 0.1) is 12.1 Å². The van der Waals surface area contributed by atoms with E-state index in [0.29, 0.717) is 12.5 Å². The standard InChI is InChI=1S/C18H28N2O2/c1-12(2)16(19)18(21)20-11-15-5-4-10-22-17(15)14-8-6-13(3)7-9-14/h6-9,12,15-17H,4-5,10-11,19H2,1-3H3,(H,20,21)/t15?,16-,17?/m0/s1. The maximum atomic E-state index is 12.0. The third kappa shape index (κ3) is 4.31. The minimum atomic E-state index is -0.442. The van der Waals surface area contributed by atoms with Gasteiger partial charge in [0, 0.05) is 19.1 Å². The highest BCUT2D eigenvalue weighted by Gasteiger charge is 2.28. The number of hydrogen-bond acceptors (Lipinski definition) is 3. The van der Waals surface area contributed by atoms with Crippen molar-refractivity contribution >= 4 is 5.91 Å². The molecule has 1 heterocycles. The van der Waals surface area contributed by atoms with Crippen LogP contribution in [0.25, 0.3) is 0 Å². The molecule has 22 heavy (non-hydrogen) atoms. The lowest BCUT2D eigenvalue weighted by Crippen LogP contribution is -2.46. The molecule has 4 nitrogen and oxygen atoms in total. The zero-order valence-corrected chi connectivity index (χ0v) is 13.8. The number of carbonyl (C=O) groups is 1. The topological polar surface area (TPSA) is 64.3 Å². The summed E-state index contributed by atoms with van der Waals surface area (Å²) < 4.78 is 5.97. The van der Waals surface area contributed by atoms with Crippen LogP contribution in [0, 0.1) is 18.8 Å². The second-order valence-corrected chi connectivity index (χ2v) is 6.62. The van der Waals surface area contributed by atoms with Gasteiger partial charge in [-0.25, -0.2) is 0 Å². The lowest BCUT2D eigenvalue weighted by molar-refractivity contribution is -0.124. The molecular weight excluding hydrogens is 276 g/mol. The highest BCUT2D eigenvalue weighted by Crippen LogP contribution is 2.33. The Bertz CT molecular complexity index is 484. The predicted octanol–water partition coefficient (Wildman–Crippen LogP) is 2.56. The van der Waals surface area contributed by atoms with Crippen molar-refractivity contribution in [3.05, 3.63) is 35.4 Å². The van der Waals surface area contributed by atoms with E-state index in [1.807, 2.05) is 13.8 Å². The van der Waals surface area contributed by atoms with Crippen LogP contribution in [0.15, 0.2) is 24.3 Å². The number of hydrogen-bond donors (Lipinski definition) is 2. The number of rotatable bonds is 5. The Morgan fingerprint density at radius 2 is 2.05 bits per heavy atom. The Hall–Kier alpha value is -1.39. The Morgan fingerprint density at radius 1 is 1.36 bits per heavy atom. The van der Waals surface area contributed by atoms with Gasteiger partial charge in [-0.05, 0) is 31.2 Å². The van der Waals surface area contributed by atoms with Crippen molar-refractivity contribution < 1.29 is 9.53 Å². The van der Waals surface area contributed by atoms with E-state index in [-0.39, 0.29) is 17.9 Å². The zero-order chi connectivity index (χ0) is 16.1. The van der Waals surface area contributed by atoms with Crippen LogP contribution in [0.4, 0.5) is 0 Å². The summed E-state index contributed by atoms with van der Waals surface area (Å²) in [7, 11) is 0. The molecule has 1 aliphatic rings. The number of carbonyl (C=O) groups excluding carboxylic acids is 1. The van der Waals surface area contributed by atoms with E-state index in [4.69, 9.17) is 10.5 Å². The second-order valence-electron chi connectivity index (χ2n) is 6.62. The first-order valence-electron chi connectivity index (χ1n) is 8.20. The lowest BCUT2D eigenvalue weighted by Gasteiger charge is -2.32. The first kappa shape index (κ1) is 17.0. The molecule has 1 aromatic carbocycles. The van der Waals surface area contributed by atoms with Gasteiger partial charge >= 0.3 is 0 Å². The van der Waals surface area contributed by atoms with Crippen LogP contribution < -0.4 is 11.1 Å². The molecule has 1 amide bonds. The highest BCUT2D eigenvalue weighted by atomic mass is 16.5. The normalized spacial score (nSPS) is 23.3. The molecule has 0 aliphatic carbocycles. The highest BCUT2D eigenvalue weighted by molar-refractivity contribution is 5.81. The van der Waals surface area contributed by atoms with Gasteiger partial charge in [0.25, 0.3) is 0 Å². The van der Waals surface area contributed by atoms with E-state index in [2.05, 4.69) is 36.5 Å². The molecule has 1 aliphatic heterocycles. The molecule has 0 aromatic heterocycles. The van der Waals surface area contributed by atoms with Crippen LogP contribution >= 0.6 is 0 Å². The number of nitrogens with two attached hydrogens (primary N) is 1. The summed E-state index contributed by atoms with van der Waals surface area (Å²) in [5.74, 6) is 0.387. The summed E-state index contributed by atoms with van der Waals surface area (Å²) >= 11 is 0. The molecule has 1 fully saturated rings. The van der Waals surface area contributed by atoms with Crippen LogP contribution in [0.2, 0.25) is 0 Å². The van der Waals surface area contributed by atoms with Gasteiger partial charge in [0.15, 0.2) is 0 Å². The largest absolute Gasteiger partial charge is 0.373 e. The van der Waals surface area contributed by atoms with Crippen molar-refractivity contribution in [1.82, 2.24) is 5.32 Å². The van der Waals surface area contributed by atoms with Gasteiger partial charge in [0.2, 0.25) is 5.91 Å². The van der Waals surface area contributed by atoms with Crippen molar-refractivity contribution in [3.8, 4) is 0 Å². The summed E-state index contributed by atoms with van der Waals surface area (Å²) in [6.45, 7) is 7.41. The lowest BCUT2D eigenvalue weighted by atomic mass is 9.89. The average Bonchev–Trinajstić information content (AvgIpc) is 2.53. The van der Waals surface area contributed by atoms with Gasteiger partial charge in [0.1, 0.15) is 0 Å². The minimum Gasteiger partial charge on any atom is -0.373 e. The third-order valence-corrected chi connectivity index (χ3v) is 4.41. The first-order chi connectivity index (χ1) is 10.5. The first-order valence-corrected chi connectivity index (χ1v) is 8.20. The number of benzene rings is 1. The van der Waals surface area contributed by atoms with Gasteiger partial charge in [-0.1, -0.05) is 43.7 Å². The van der Waals surface area contributed by atoms with Crippen molar-refractivity contribution in [3.63, 3.8) is 0 Å². The van der Waals surface area contributed by atoms with E-state index in [1.165, 1.54) is 11.1 Å². The summed E-state index contributed by atoms with van der Waals surface area (Å²) in [6, 6.07) is 8.03. The molecule has 0 radical (unpaired) electrons. The SMILES string of the molecule is Cc1ccc(C2OCCCC2CNC(=O)[C@@H](N)C(C)C)cc1. The molecule has 0 bridgehead atoms. The van der Waals surface area contributed by atoms with Crippen LogP contribution in [0.3, 0.4) is 0 Å². The van der Waals surface area contributed by atoms with Gasteiger partial charge in [-0.15, -0.1) is 0 Å². The van der Waals surface area contributed by atoms with E-state index in [0.717, 1.165) is 19.4 Å². The number of nitrogens with one attached hydrogen (secondary N) is 1. The molecule has 1 saturated heterocycles. The van der Waals surface area contributed by atoms with Gasteiger partial charge in [-0.3, -0.25) is 4.79 Å². The Kier molecular flexibility index (Phi) is 5.98. The Morgan fingerprint density at radius 3 is 2.68 bits per heavy atom. The third-order valence-electron chi connectivity index (χ3n) is 4.41. The fraction of sp³-hybridized carbons (Fsp3) is 0.611. The van der Waals surface area contributed by atoms with Crippen molar-refractivity contribution in [2.75, 3.05) is 13.2 Å².